The molecule has 2 N–H and O–H groups in total. The van der Waals surface area contributed by atoms with Crippen molar-refractivity contribution in [1.82, 2.24) is 0 Å². The smallest absolute Gasteiger partial charge is 0.335 e. The van der Waals surface area contributed by atoms with E-state index < -0.39 is 16.0 Å². The first-order chi connectivity index (χ1) is 10.9. The van der Waals surface area contributed by atoms with Crippen LogP contribution in [0.2, 0.25) is 0 Å². The van der Waals surface area contributed by atoms with Crippen LogP contribution < -0.4 is 14.2 Å². The van der Waals surface area contributed by atoms with Crippen LogP contribution in [0.15, 0.2) is 47.4 Å². The molecule has 122 valence electrons. The number of carbonyl (C=O) groups is 1. The van der Waals surface area contributed by atoms with Crippen LogP contribution in [-0.4, -0.2) is 33.7 Å². The fraction of sp³-hybridized carbons (Fsp3) is 0.133. The quantitative estimate of drug-likeness (QED) is 0.838. The van der Waals surface area contributed by atoms with Crippen molar-refractivity contribution < 1.29 is 27.8 Å². The molecule has 0 aliphatic heterocycles. The van der Waals surface area contributed by atoms with Crippen molar-refractivity contribution in [2.45, 2.75) is 4.90 Å². The number of nitrogens with one attached hydrogen (secondary N) is 1. The zero-order valence-corrected chi connectivity index (χ0v) is 13.3. The highest BCUT2D eigenvalue weighted by Crippen LogP contribution is 2.29. The molecule has 7 nitrogen and oxygen atoms in total. The second kappa shape index (κ2) is 6.57. The minimum atomic E-state index is -3.98. The molecule has 0 aliphatic rings. The van der Waals surface area contributed by atoms with Gasteiger partial charge in [0.05, 0.1) is 19.8 Å². The Balaban J connectivity index is 2.43. The predicted molar refractivity (Wildman–Crippen MR) is 83.8 cm³/mol. The summed E-state index contributed by atoms with van der Waals surface area (Å²) < 4.78 is 37.5. The van der Waals surface area contributed by atoms with Gasteiger partial charge in [0, 0.05) is 11.8 Å². The lowest BCUT2D eigenvalue weighted by Crippen LogP contribution is -2.14. The highest BCUT2D eigenvalue weighted by Gasteiger charge is 2.21. The Kier molecular flexibility index (Phi) is 4.75. The summed E-state index contributed by atoms with van der Waals surface area (Å²) in [5.41, 5.74) is 0.109. The first kappa shape index (κ1) is 16.6. The third kappa shape index (κ3) is 3.72. The fourth-order valence-corrected chi connectivity index (χ4v) is 3.15. The number of benzene rings is 2. The van der Waals surface area contributed by atoms with E-state index in [1.165, 1.54) is 50.6 Å². The SMILES string of the molecule is COc1ccc(OC)c(S(=O)(=O)Nc2cccc(C(=O)O)c2)c1. The molecule has 0 unspecified atom stereocenters. The zero-order chi connectivity index (χ0) is 17.0. The molecule has 0 spiro atoms. The lowest BCUT2D eigenvalue weighted by molar-refractivity contribution is 0.0697. The molecule has 2 rings (SSSR count). The summed E-state index contributed by atoms with van der Waals surface area (Å²) in [4.78, 5) is 10.8. The van der Waals surface area contributed by atoms with Gasteiger partial charge < -0.3 is 14.6 Å². The van der Waals surface area contributed by atoms with Crippen molar-refractivity contribution in [3.8, 4) is 11.5 Å². The van der Waals surface area contributed by atoms with E-state index in [1.807, 2.05) is 0 Å². The number of anilines is 1. The molecular formula is C15H15NO6S. The van der Waals surface area contributed by atoms with Crippen LogP contribution in [0.1, 0.15) is 10.4 Å². The number of rotatable bonds is 6. The second-order valence-corrected chi connectivity index (χ2v) is 6.16. The monoisotopic (exact) mass is 337 g/mol. The standard InChI is InChI=1S/C15H15NO6S/c1-21-12-6-7-13(22-2)14(9-12)23(19,20)16-11-5-3-4-10(8-11)15(17)18/h3-9,16H,1-2H3,(H,17,18). The number of ether oxygens (including phenoxy) is 2. The first-order valence-electron chi connectivity index (χ1n) is 6.45. The van der Waals surface area contributed by atoms with Gasteiger partial charge in [0.1, 0.15) is 16.4 Å². The summed E-state index contributed by atoms with van der Waals surface area (Å²) in [6.45, 7) is 0. The molecule has 0 aliphatic carbocycles. The molecule has 0 atom stereocenters. The fourth-order valence-electron chi connectivity index (χ4n) is 1.92. The third-order valence-electron chi connectivity index (χ3n) is 3.02. The summed E-state index contributed by atoms with van der Waals surface area (Å²) in [6.07, 6.45) is 0. The van der Waals surface area contributed by atoms with E-state index in [0.717, 1.165) is 0 Å². The average molecular weight is 337 g/mol. The molecule has 0 radical (unpaired) electrons. The third-order valence-corrected chi connectivity index (χ3v) is 4.42. The van der Waals surface area contributed by atoms with Crippen molar-refractivity contribution >= 4 is 21.7 Å². The molecule has 2 aromatic carbocycles. The van der Waals surface area contributed by atoms with Gasteiger partial charge in [0.15, 0.2) is 0 Å². The van der Waals surface area contributed by atoms with E-state index in [-0.39, 0.29) is 21.9 Å². The predicted octanol–water partition coefficient (Wildman–Crippen LogP) is 2.20. The van der Waals surface area contributed by atoms with Crippen LogP contribution in [0.5, 0.6) is 11.5 Å². The Morgan fingerprint density at radius 1 is 1.09 bits per heavy atom. The molecule has 0 aromatic heterocycles. The Morgan fingerprint density at radius 2 is 1.83 bits per heavy atom. The number of aromatic carboxylic acids is 1. The maximum atomic E-state index is 12.5. The Hall–Kier alpha value is -2.74. The number of hydrogen-bond acceptors (Lipinski definition) is 5. The Morgan fingerprint density at radius 3 is 2.43 bits per heavy atom. The number of carboxylic acids is 1. The van der Waals surface area contributed by atoms with Gasteiger partial charge in [-0.3, -0.25) is 4.72 Å². The van der Waals surface area contributed by atoms with Crippen molar-refractivity contribution in [3.05, 3.63) is 48.0 Å². The first-order valence-corrected chi connectivity index (χ1v) is 7.94. The minimum absolute atomic E-state index is 0.0252. The largest absolute Gasteiger partial charge is 0.497 e. The lowest BCUT2D eigenvalue weighted by Gasteiger charge is -2.13. The van der Waals surface area contributed by atoms with Gasteiger partial charge in [-0.1, -0.05) is 6.07 Å². The van der Waals surface area contributed by atoms with Gasteiger partial charge in [-0.05, 0) is 30.3 Å². The second-order valence-electron chi connectivity index (χ2n) is 4.51. The Labute approximate surface area is 133 Å². The van der Waals surface area contributed by atoms with Crippen LogP contribution in [0.4, 0.5) is 5.69 Å². The number of sulfonamides is 1. The Bertz CT molecular complexity index is 832. The maximum Gasteiger partial charge on any atom is 0.335 e. The highest BCUT2D eigenvalue weighted by molar-refractivity contribution is 7.92. The molecule has 0 fully saturated rings. The van der Waals surface area contributed by atoms with E-state index in [4.69, 9.17) is 14.6 Å². The number of carboxylic acid groups (broad SMARTS) is 1. The molecule has 2 aromatic rings. The highest BCUT2D eigenvalue weighted by atomic mass is 32.2. The van der Waals surface area contributed by atoms with Gasteiger partial charge in [0.2, 0.25) is 0 Å². The van der Waals surface area contributed by atoms with Crippen LogP contribution in [0, 0.1) is 0 Å². The molecule has 0 amide bonds. The maximum absolute atomic E-state index is 12.5. The minimum Gasteiger partial charge on any atom is -0.497 e. The van der Waals surface area contributed by atoms with E-state index in [1.54, 1.807) is 6.07 Å². The van der Waals surface area contributed by atoms with Crippen molar-refractivity contribution in [3.63, 3.8) is 0 Å². The van der Waals surface area contributed by atoms with Gasteiger partial charge >= 0.3 is 5.97 Å². The van der Waals surface area contributed by atoms with Gasteiger partial charge in [-0.2, -0.15) is 0 Å². The normalized spacial score (nSPS) is 10.9. The van der Waals surface area contributed by atoms with Crippen molar-refractivity contribution in [1.29, 1.82) is 0 Å². The topological polar surface area (TPSA) is 102 Å². The summed E-state index contributed by atoms with van der Waals surface area (Å²) in [5.74, 6) is -0.650. The van der Waals surface area contributed by atoms with E-state index in [2.05, 4.69) is 4.72 Å². The van der Waals surface area contributed by atoms with Crippen molar-refractivity contribution in [2.24, 2.45) is 0 Å². The van der Waals surface area contributed by atoms with E-state index in [0.29, 0.717) is 5.75 Å². The molecule has 0 bridgehead atoms. The average Bonchev–Trinajstić information content (AvgIpc) is 2.54. The lowest BCUT2D eigenvalue weighted by atomic mass is 10.2. The van der Waals surface area contributed by atoms with E-state index >= 15 is 0 Å². The molecule has 0 saturated heterocycles. The van der Waals surface area contributed by atoms with Crippen LogP contribution in [0.25, 0.3) is 0 Å². The summed E-state index contributed by atoms with van der Waals surface area (Å²) >= 11 is 0. The van der Waals surface area contributed by atoms with Gasteiger partial charge in [-0.15, -0.1) is 0 Å². The number of methoxy groups -OCH3 is 2. The molecule has 8 heteroatoms. The van der Waals surface area contributed by atoms with Crippen LogP contribution in [-0.2, 0) is 10.0 Å². The molecule has 0 heterocycles. The summed E-state index contributed by atoms with van der Waals surface area (Å²) in [7, 11) is -1.21. The van der Waals surface area contributed by atoms with Crippen molar-refractivity contribution in [2.75, 3.05) is 18.9 Å². The van der Waals surface area contributed by atoms with Gasteiger partial charge in [-0.25, -0.2) is 13.2 Å². The van der Waals surface area contributed by atoms with Crippen LogP contribution >= 0.6 is 0 Å². The van der Waals surface area contributed by atoms with E-state index in [9.17, 15) is 13.2 Å². The molecule has 23 heavy (non-hydrogen) atoms. The number of hydrogen-bond donors (Lipinski definition) is 2. The summed E-state index contributed by atoms with van der Waals surface area (Å²) in [5, 5.41) is 8.96. The summed E-state index contributed by atoms with van der Waals surface area (Å²) in [6, 6.07) is 9.87. The zero-order valence-electron chi connectivity index (χ0n) is 12.4. The van der Waals surface area contributed by atoms with Crippen LogP contribution in [0.3, 0.4) is 0 Å². The molecule has 0 saturated carbocycles. The molecular weight excluding hydrogens is 322 g/mol. The van der Waals surface area contributed by atoms with Gasteiger partial charge in [0.25, 0.3) is 10.0 Å².